The number of aromatic nitrogens is 2. The Morgan fingerprint density at radius 3 is 3.00 bits per heavy atom. The van der Waals surface area contributed by atoms with E-state index < -0.39 is 6.09 Å². The zero-order valence-corrected chi connectivity index (χ0v) is 11.8. The zero-order chi connectivity index (χ0) is 13.7. The number of hydrogen-bond acceptors (Lipinski definition) is 5. The van der Waals surface area contributed by atoms with Crippen LogP contribution in [0.25, 0.3) is 0 Å². The number of hydrogen-bond donors (Lipinski definition) is 1. The first-order valence-corrected chi connectivity index (χ1v) is 6.98. The Morgan fingerprint density at radius 1 is 1.47 bits per heavy atom. The van der Waals surface area contributed by atoms with Crippen molar-refractivity contribution in [3.8, 4) is 5.75 Å². The molecule has 100 valence electrons. The monoisotopic (exact) mass is 297 g/mol. The average Bonchev–Trinajstić information content (AvgIpc) is 2.80. The van der Waals surface area contributed by atoms with Gasteiger partial charge in [0.2, 0.25) is 0 Å². The molecule has 0 fully saturated rings. The third-order valence-corrected chi connectivity index (χ3v) is 3.38. The maximum Gasteiger partial charge on any atom is 0.418 e. The Morgan fingerprint density at radius 2 is 2.32 bits per heavy atom. The van der Waals surface area contributed by atoms with Gasteiger partial charge >= 0.3 is 6.09 Å². The van der Waals surface area contributed by atoms with Crippen molar-refractivity contribution >= 4 is 34.8 Å². The molecule has 0 unspecified atom stereocenters. The Balaban J connectivity index is 1.91. The number of halogens is 1. The molecule has 2 heterocycles. The first-order valence-electron chi connectivity index (χ1n) is 5.73. The highest BCUT2D eigenvalue weighted by Gasteiger charge is 2.08. The minimum Gasteiger partial charge on any atom is -0.409 e. The van der Waals surface area contributed by atoms with Gasteiger partial charge < -0.3 is 4.74 Å². The number of amides is 1. The minimum absolute atomic E-state index is 0.265. The molecular weight excluding hydrogens is 286 g/mol. The molecule has 1 N–H and O–H groups in total. The van der Waals surface area contributed by atoms with Gasteiger partial charge in [0.15, 0.2) is 11.0 Å². The van der Waals surface area contributed by atoms with E-state index in [2.05, 4.69) is 22.4 Å². The van der Waals surface area contributed by atoms with Crippen molar-refractivity contribution in [2.75, 3.05) is 5.32 Å². The highest BCUT2D eigenvalue weighted by atomic mass is 35.5. The quantitative estimate of drug-likeness (QED) is 0.933. The van der Waals surface area contributed by atoms with Gasteiger partial charge in [-0.2, -0.15) is 0 Å². The van der Waals surface area contributed by atoms with Crippen LogP contribution in [0.1, 0.15) is 18.2 Å². The van der Waals surface area contributed by atoms with Crippen LogP contribution >= 0.6 is 22.9 Å². The van der Waals surface area contributed by atoms with Gasteiger partial charge in [-0.15, -0.1) is 21.5 Å². The maximum absolute atomic E-state index is 11.6. The molecule has 1 amide bonds. The van der Waals surface area contributed by atoms with Crippen LogP contribution in [0.2, 0.25) is 5.15 Å². The molecule has 0 aromatic carbocycles. The molecule has 0 radical (unpaired) electrons. The maximum atomic E-state index is 11.6. The van der Waals surface area contributed by atoms with E-state index in [-0.39, 0.29) is 5.15 Å². The van der Waals surface area contributed by atoms with Crippen LogP contribution in [0.5, 0.6) is 5.75 Å². The van der Waals surface area contributed by atoms with Gasteiger partial charge in [0.05, 0.1) is 0 Å². The largest absolute Gasteiger partial charge is 0.418 e. The molecule has 0 atom stereocenters. The lowest BCUT2D eigenvalue weighted by molar-refractivity contribution is 0.215. The third kappa shape index (κ3) is 4.18. The predicted octanol–water partition coefficient (Wildman–Crippen LogP) is 3.75. The van der Waals surface area contributed by atoms with Gasteiger partial charge in [0, 0.05) is 10.3 Å². The highest BCUT2D eigenvalue weighted by molar-refractivity contribution is 7.10. The van der Waals surface area contributed by atoms with E-state index in [0.29, 0.717) is 11.6 Å². The van der Waals surface area contributed by atoms with Crippen LogP contribution < -0.4 is 10.1 Å². The van der Waals surface area contributed by atoms with Crippen molar-refractivity contribution in [3.05, 3.63) is 33.6 Å². The SMILES string of the molecule is CCCc1cc(OC(=O)Nc2ccc(Cl)nn2)cs1. The second kappa shape index (κ2) is 6.49. The summed E-state index contributed by atoms with van der Waals surface area (Å²) in [5.41, 5.74) is 0. The van der Waals surface area contributed by atoms with Gasteiger partial charge in [-0.25, -0.2) is 4.79 Å². The second-order valence-corrected chi connectivity index (χ2v) is 5.14. The summed E-state index contributed by atoms with van der Waals surface area (Å²) in [7, 11) is 0. The summed E-state index contributed by atoms with van der Waals surface area (Å²) < 4.78 is 5.14. The standard InChI is InChI=1S/C12H12ClN3O2S/c1-2-3-9-6-8(7-19-9)18-12(17)14-11-5-4-10(13)15-16-11/h4-7H,2-3H2,1H3,(H,14,16,17). The van der Waals surface area contributed by atoms with Gasteiger partial charge in [-0.05, 0) is 24.6 Å². The molecule has 0 spiro atoms. The Labute approximate surface area is 119 Å². The predicted molar refractivity (Wildman–Crippen MR) is 75.0 cm³/mol. The van der Waals surface area contributed by atoms with Crippen LogP contribution in [0.4, 0.5) is 10.6 Å². The molecule has 19 heavy (non-hydrogen) atoms. The molecule has 0 aliphatic heterocycles. The van der Waals surface area contributed by atoms with Crippen molar-refractivity contribution in [2.45, 2.75) is 19.8 Å². The van der Waals surface area contributed by atoms with E-state index in [1.807, 2.05) is 6.07 Å². The Hall–Kier alpha value is -1.66. The fourth-order valence-corrected chi connectivity index (χ4v) is 2.40. The van der Waals surface area contributed by atoms with Crippen LogP contribution in [0.3, 0.4) is 0 Å². The number of carbonyl (C=O) groups excluding carboxylic acids is 1. The zero-order valence-electron chi connectivity index (χ0n) is 10.2. The summed E-state index contributed by atoms with van der Waals surface area (Å²) in [6.45, 7) is 2.10. The Bertz CT molecular complexity index is 556. The average molecular weight is 298 g/mol. The summed E-state index contributed by atoms with van der Waals surface area (Å²) in [6.07, 6.45) is 1.45. The number of nitrogens with zero attached hydrogens (tertiary/aromatic N) is 2. The van der Waals surface area contributed by atoms with Crippen LogP contribution in [0.15, 0.2) is 23.6 Å². The van der Waals surface area contributed by atoms with Crippen molar-refractivity contribution in [2.24, 2.45) is 0 Å². The van der Waals surface area contributed by atoms with Crippen molar-refractivity contribution in [1.29, 1.82) is 0 Å². The first-order chi connectivity index (χ1) is 9.17. The van der Waals surface area contributed by atoms with E-state index in [1.54, 1.807) is 22.8 Å². The van der Waals surface area contributed by atoms with Gasteiger partial charge in [0.25, 0.3) is 0 Å². The molecule has 5 nitrogen and oxygen atoms in total. The lowest BCUT2D eigenvalue weighted by Crippen LogP contribution is -2.17. The number of ether oxygens (including phenoxy) is 1. The van der Waals surface area contributed by atoms with Crippen molar-refractivity contribution in [1.82, 2.24) is 10.2 Å². The third-order valence-electron chi connectivity index (χ3n) is 2.20. The molecule has 0 saturated heterocycles. The minimum atomic E-state index is -0.600. The summed E-state index contributed by atoms with van der Waals surface area (Å²) in [5.74, 6) is 0.825. The van der Waals surface area contributed by atoms with Crippen LogP contribution in [-0.4, -0.2) is 16.3 Å². The summed E-state index contributed by atoms with van der Waals surface area (Å²) in [4.78, 5) is 12.8. The van der Waals surface area contributed by atoms with Crippen molar-refractivity contribution in [3.63, 3.8) is 0 Å². The highest BCUT2D eigenvalue weighted by Crippen LogP contribution is 2.23. The van der Waals surface area contributed by atoms with E-state index in [4.69, 9.17) is 16.3 Å². The second-order valence-electron chi connectivity index (χ2n) is 3.75. The molecule has 2 rings (SSSR count). The number of carbonyl (C=O) groups is 1. The van der Waals surface area contributed by atoms with E-state index in [0.717, 1.165) is 12.8 Å². The molecule has 0 aliphatic rings. The smallest absolute Gasteiger partial charge is 0.409 e. The normalized spacial score (nSPS) is 10.2. The Kier molecular flexibility index (Phi) is 4.70. The topological polar surface area (TPSA) is 64.1 Å². The van der Waals surface area contributed by atoms with E-state index in [1.165, 1.54) is 10.9 Å². The van der Waals surface area contributed by atoms with Gasteiger partial charge in [-0.3, -0.25) is 5.32 Å². The lowest BCUT2D eigenvalue weighted by atomic mass is 10.3. The molecule has 0 saturated carbocycles. The van der Waals surface area contributed by atoms with Crippen LogP contribution in [-0.2, 0) is 6.42 Å². The molecule has 0 bridgehead atoms. The summed E-state index contributed by atoms with van der Waals surface area (Å²) in [6, 6.07) is 4.95. The number of nitrogens with one attached hydrogen (secondary N) is 1. The van der Waals surface area contributed by atoms with Gasteiger partial charge in [-0.1, -0.05) is 24.9 Å². The number of aryl methyl sites for hydroxylation is 1. The van der Waals surface area contributed by atoms with E-state index in [9.17, 15) is 4.79 Å². The van der Waals surface area contributed by atoms with E-state index >= 15 is 0 Å². The molecular formula is C12H12ClN3O2S. The summed E-state index contributed by atoms with van der Waals surface area (Å²) >= 11 is 7.17. The molecule has 7 heteroatoms. The number of anilines is 1. The number of thiophene rings is 1. The molecule has 2 aromatic heterocycles. The lowest BCUT2D eigenvalue weighted by Gasteiger charge is -2.03. The fraction of sp³-hybridized carbons (Fsp3) is 0.250. The van der Waals surface area contributed by atoms with Crippen LogP contribution in [0, 0.1) is 0 Å². The number of rotatable bonds is 4. The fourth-order valence-electron chi connectivity index (χ4n) is 1.41. The summed E-state index contributed by atoms with van der Waals surface area (Å²) in [5, 5.41) is 11.9. The molecule has 2 aromatic rings. The molecule has 0 aliphatic carbocycles. The first kappa shape index (κ1) is 13.8. The van der Waals surface area contributed by atoms with Gasteiger partial charge in [0.1, 0.15) is 5.75 Å². The van der Waals surface area contributed by atoms with Crippen molar-refractivity contribution < 1.29 is 9.53 Å².